The number of hydrogen-bond donors (Lipinski definition) is 1. The molecule has 0 spiro atoms. The molecule has 0 aliphatic rings. The monoisotopic (exact) mass is 247 g/mol. The highest BCUT2D eigenvalue weighted by Gasteiger charge is 2.19. The molecule has 0 aromatic carbocycles. The van der Waals surface area contributed by atoms with Crippen LogP contribution in [0, 0.1) is 0 Å². The first-order valence-corrected chi connectivity index (χ1v) is 6.78. The molecule has 1 atom stereocenters. The summed E-state index contributed by atoms with van der Waals surface area (Å²) in [7, 11) is 1.95. The summed E-state index contributed by atoms with van der Waals surface area (Å²) in [5.41, 5.74) is 1.09. The van der Waals surface area contributed by atoms with Crippen LogP contribution in [-0.2, 0) is 0 Å². The third kappa shape index (κ3) is 2.89. The molecule has 5 heteroatoms. The molecule has 0 aliphatic carbocycles. The zero-order valence-corrected chi connectivity index (χ0v) is 11.2. The van der Waals surface area contributed by atoms with Gasteiger partial charge in [0.1, 0.15) is 0 Å². The second-order valence-electron chi connectivity index (χ2n) is 3.71. The van der Waals surface area contributed by atoms with Crippen molar-refractivity contribution in [2.45, 2.75) is 25.9 Å². The number of hydrogen-bond acceptors (Lipinski definition) is 3. The van der Waals surface area contributed by atoms with Crippen molar-refractivity contribution in [2.75, 3.05) is 19.1 Å². The first-order valence-electron chi connectivity index (χ1n) is 5.00. The second-order valence-corrected chi connectivity index (χ2v) is 5.03. The summed E-state index contributed by atoms with van der Waals surface area (Å²) in [6.45, 7) is 4.22. The van der Waals surface area contributed by atoms with E-state index in [2.05, 4.69) is 30.5 Å². The fraction of sp³-hybridized carbons (Fsp3) is 0.700. The Morgan fingerprint density at radius 2 is 2.27 bits per heavy atom. The van der Waals surface area contributed by atoms with Crippen molar-refractivity contribution in [1.82, 2.24) is 15.1 Å². The van der Waals surface area contributed by atoms with Crippen molar-refractivity contribution < 1.29 is 0 Å². The molecule has 0 radical (unpaired) electrons. The van der Waals surface area contributed by atoms with Gasteiger partial charge in [0.2, 0.25) is 0 Å². The molecule has 1 heterocycles. The maximum Gasteiger partial charge on any atom is 0.0834 e. The smallest absolute Gasteiger partial charge is 0.0834 e. The van der Waals surface area contributed by atoms with Crippen LogP contribution >= 0.6 is 23.4 Å². The summed E-state index contributed by atoms with van der Waals surface area (Å²) in [4.78, 5) is 0. The van der Waals surface area contributed by atoms with Crippen LogP contribution in [0.1, 0.15) is 31.6 Å². The minimum Gasteiger partial charge on any atom is -0.311 e. The summed E-state index contributed by atoms with van der Waals surface area (Å²) in [5, 5.41) is 8.32. The SMILES string of the molecule is CNC(CSC)c1c(Cl)cnn1C(C)C. The van der Waals surface area contributed by atoms with Crippen molar-refractivity contribution >= 4 is 23.4 Å². The first-order chi connectivity index (χ1) is 7.11. The van der Waals surface area contributed by atoms with Gasteiger partial charge < -0.3 is 5.32 Å². The highest BCUT2D eigenvalue weighted by atomic mass is 35.5. The molecule has 0 aliphatic heterocycles. The second kappa shape index (κ2) is 5.77. The fourth-order valence-corrected chi connectivity index (χ4v) is 2.47. The van der Waals surface area contributed by atoms with Crippen LogP contribution in [0.5, 0.6) is 0 Å². The molecule has 86 valence electrons. The van der Waals surface area contributed by atoms with E-state index in [0.29, 0.717) is 6.04 Å². The predicted octanol–water partition coefficient (Wildman–Crippen LogP) is 2.74. The summed E-state index contributed by atoms with van der Waals surface area (Å²) in [6, 6.07) is 0.600. The third-order valence-electron chi connectivity index (χ3n) is 2.29. The van der Waals surface area contributed by atoms with Crippen molar-refractivity contribution in [3.63, 3.8) is 0 Å². The maximum absolute atomic E-state index is 6.17. The summed E-state index contributed by atoms with van der Waals surface area (Å²) in [6.07, 6.45) is 3.82. The number of thioether (sulfide) groups is 1. The highest BCUT2D eigenvalue weighted by molar-refractivity contribution is 7.98. The largest absolute Gasteiger partial charge is 0.311 e. The minimum absolute atomic E-state index is 0.261. The Kier molecular flexibility index (Phi) is 4.96. The molecule has 1 aromatic heterocycles. The Hall–Kier alpha value is -0.190. The van der Waals surface area contributed by atoms with Gasteiger partial charge in [0.05, 0.1) is 23.0 Å². The van der Waals surface area contributed by atoms with Crippen LogP contribution in [0.25, 0.3) is 0 Å². The molecule has 0 bridgehead atoms. The van der Waals surface area contributed by atoms with Crippen molar-refractivity contribution in [1.29, 1.82) is 0 Å². The van der Waals surface area contributed by atoms with Crippen molar-refractivity contribution in [3.8, 4) is 0 Å². The Morgan fingerprint density at radius 1 is 1.60 bits per heavy atom. The lowest BCUT2D eigenvalue weighted by Crippen LogP contribution is -2.23. The van der Waals surface area contributed by atoms with E-state index in [9.17, 15) is 0 Å². The van der Waals surface area contributed by atoms with Crippen LogP contribution in [-0.4, -0.2) is 28.8 Å². The van der Waals surface area contributed by atoms with Gasteiger partial charge in [-0.3, -0.25) is 4.68 Å². The molecule has 3 nitrogen and oxygen atoms in total. The molecule has 1 unspecified atom stereocenters. The standard InChI is InChI=1S/C10H18ClN3S/c1-7(2)14-10(8(11)5-13-14)9(12-3)6-15-4/h5,7,9,12H,6H2,1-4H3. The topological polar surface area (TPSA) is 29.9 Å². The average molecular weight is 248 g/mol. The van der Waals surface area contributed by atoms with Crippen LogP contribution in [0.2, 0.25) is 5.02 Å². The minimum atomic E-state index is 0.261. The van der Waals surface area contributed by atoms with Gasteiger partial charge in [-0.1, -0.05) is 11.6 Å². The molecular formula is C10H18ClN3S. The van der Waals surface area contributed by atoms with E-state index in [1.807, 2.05) is 11.7 Å². The normalized spacial score (nSPS) is 13.5. The number of rotatable bonds is 5. The van der Waals surface area contributed by atoms with Crippen molar-refractivity contribution in [3.05, 3.63) is 16.9 Å². The molecule has 0 saturated carbocycles. The molecule has 1 aromatic rings. The van der Waals surface area contributed by atoms with E-state index >= 15 is 0 Å². The van der Waals surface area contributed by atoms with E-state index in [0.717, 1.165) is 16.5 Å². The summed E-state index contributed by atoms with van der Waals surface area (Å²) < 4.78 is 1.99. The Bertz CT molecular complexity index is 312. The molecule has 1 N–H and O–H groups in total. The number of nitrogens with one attached hydrogen (secondary N) is 1. The van der Waals surface area contributed by atoms with Gasteiger partial charge >= 0.3 is 0 Å². The average Bonchev–Trinajstić information content (AvgIpc) is 2.57. The van der Waals surface area contributed by atoms with Gasteiger partial charge in [0.15, 0.2) is 0 Å². The third-order valence-corrected chi connectivity index (χ3v) is 3.25. The predicted molar refractivity (Wildman–Crippen MR) is 67.8 cm³/mol. The summed E-state index contributed by atoms with van der Waals surface area (Å²) >= 11 is 7.97. The van der Waals surface area contributed by atoms with E-state index in [1.165, 1.54) is 0 Å². The van der Waals surface area contributed by atoms with Gasteiger partial charge in [-0.2, -0.15) is 16.9 Å². The van der Waals surface area contributed by atoms with Gasteiger partial charge in [-0.05, 0) is 27.2 Å². The van der Waals surface area contributed by atoms with E-state index < -0.39 is 0 Å². The van der Waals surface area contributed by atoms with E-state index in [1.54, 1.807) is 18.0 Å². The quantitative estimate of drug-likeness (QED) is 0.868. The number of nitrogens with zero attached hydrogens (tertiary/aromatic N) is 2. The first kappa shape index (κ1) is 12.9. The maximum atomic E-state index is 6.17. The highest BCUT2D eigenvalue weighted by Crippen LogP contribution is 2.26. The Morgan fingerprint density at radius 3 is 2.73 bits per heavy atom. The zero-order valence-electron chi connectivity index (χ0n) is 9.62. The van der Waals surface area contributed by atoms with Gasteiger partial charge in [0.25, 0.3) is 0 Å². The Balaban J connectivity index is 3.03. The lowest BCUT2D eigenvalue weighted by atomic mass is 10.2. The number of halogens is 1. The Labute approximate surface area is 101 Å². The van der Waals surface area contributed by atoms with Gasteiger partial charge in [-0.25, -0.2) is 0 Å². The molecule has 1 rings (SSSR count). The molecular weight excluding hydrogens is 230 g/mol. The van der Waals surface area contributed by atoms with Gasteiger partial charge in [-0.15, -0.1) is 0 Å². The van der Waals surface area contributed by atoms with Gasteiger partial charge in [0, 0.05) is 11.8 Å². The van der Waals surface area contributed by atoms with Crippen LogP contribution in [0.4, 0.5) is 0 Å². The van der Waals surface area contributed by atoms with Crippen molar-refractivity contribution in [2.24, 2.45) is 0 Å². The van der Waals surface area contributed by atoms with E-state index in [4.69, 9.17) is 11.6 Å². The van der Waals surface area contributed by atoms with Crippen LogP contribution in [0.3, 0.4) is 0 Å². The number of aromatic nitrogens is 2. The lowest BCUT2D eigenvalue weighted by molar-refractivity contribution is 0.477. The van der Waals surface area contributed by atoms with E-state index in [-0.39, 0.29) is 6.04 Å². The lowest BCUT2D eigenvalue weighted by Gasteiger charge is -2.19. The molecule has 0 fully saturated rings. The van der Waals surface area contributed by atoms with Crippen LogP contribution in [0.15, 0.2) is 6.20 Å². The molecule has 0 saturated heterocycles. The molecule has 15 heavy (non-hydrogen) atoms. The zero-order chi connectivity index (χ0) is 11.4. The fourth-order valence-electron chi connectivity index (χ4n) is 1.55. The molecule has 0 amide bonds. The summed E-state index contributed by atoms with van der Waals surface area (Å²) in [5.74, 6) is 0.995. The van der Waals surface area contributed by atoms with Crippen LogP contribution < -0.4 is 5.32 Å².